The Kier molecular flexibility index (Phi) is 2.86. The molecule has 1 unspecified atom stereocenters. The predicted octanol–water partition coefficient (Wildman–Crippen LogP) is 0.940. The van der Waals surface area contributed by atoms with Crippen molar-refractivity contribution in [3.8, 4) is 0 Å². The number of rotatable bonds is 3. The molecule has 1 aliphatic carbocycles. The van der Waals surface area contributed by atoms with Crippen molar-refractivity contribution in [1.29, 1.82) is 0 Å². The molecule has 16 heavy (non-hydrogen) atoms. The molecular formula is C11H19N5. The van der Waals surface area contributed by atoms with Gasteiger partial charge in [-0.3, -0.25) is 0 Å². The zero-order valence-corrected chi connectivity index (χ0v) is 9.60. The van der Waals surface area contributed by atoms with E-state index in [0.29, 0.717) is 5.92 Å². The lowest BCUT2D eigenvalue weighted by Gasteiger charge is -2.27. The molecule has 0 bridgehead atoms. The van der Waals surface area contributed by atoms with Crippen LogP contribution in [-0.4, -0.2) is 33.3 Å². The predicted molar refractivity (Wildman–Crippen MR) is 60.0 cm³/mol. The molecule has 1 aromatic heterocycles. The van der Waals surface area contributed by atoms with Crippen LogP contribution < -0.4 is 5.32 Å². The van der Waals surface area contributed by atoms with Crippen molar-refractivity contribution in [2.24, 2.45) is 5.92 Å². The first-order valence-electron chi connectivity index (χ1n) is 6.40. The van der Waals surface area contributed by atoms with Gasteiger partial charge >= 0.3 is 0 Å². The van der Waals surface area contributed by atoms with Crippen molar-refractivity contribution in [3.05, 3.63) is 5.82 Å². The van der Waals surface area contributed by atoms with Gasteiger partial charge in [-0.05, 0) is 48.6 Å². The molecule has 1 atom stereocenters. The summed E-state index contributed by atoms with van der Waals surface area (Å²) in [4.78, 5) is 0. The van der Waals surface area contributed by atoms with E-state index in [1.165, 1.54) is 32.1 Å². The van der Waals surface area contributed by atoms with Gasteiger partial charge in [0.1, 0.15) is 0 Å². The van der Waals surface area contributed by atoms with Gasteiger partial charge in [0.2, 0.25) is 0 Å². The summed E-state index contributed by atoms with van der Waals surface area (Å²) in [5, 5.41) is 15.6. The highest BCUT2D eigenvalue weighted by Gasteiger charge is 2.24. The monoisotopic (exact) mass is 221 g/mol. The third-order valence-corrected chi connectivity index (χ3v) is 3.88. The lowest BCUT2D eigenvalue weighted by molar-refractivity contribution is 0.257. The molecule has 1 saturated heterocycles. The highest BCUT2D eigenvalue weighted by molar-refractivity contribution is 4.97. The van der Waals surface area contributed by atoms with Gasteiger partial charge in [0.05, 0.1) is 0 Å². The summed E-state index contributed by atoms with van der Waals surface area (Å²) in [7, 11) is 0. The first-order chi connectivity index (χ1) is 7.93. The molecule has 0 aromatic carbocycles. The molecule has 5 heteroatoms. The van der Waals surface area contributed by atoms with Gasteiger partial charge in [-0.2, -0.15) is 0 Å². The third-order valence-electron chi connectivity index (χ3n) is 3.88. The Hall–Kier alpha value is -0.970. The quantitative estimate of drug-likeness (QED) is 0.825. The summed E-state index contributed by atoms with van der Waals surface area (Å²) in [6.45, 7) is 3.20. The van der Waals surface area contributed by atoms with Gasteiger partial charge in [0.25, 0.3) is 0 Å². The largest absolute Gasteiger partial charge is 0.316 e. The summed E-state index contributed by atoms with van der Waals surface area (Å²) < 4.78 is 2.04. The van der Waals surface area contributed by atoms with E-state index < -0.39 is 0 Å². The van der Waals surface area contributed by atoms with E-state index in [-0.39, 0.29) is 0 Å². The van der Waals surface area contributed by atoms with E-state index in [1.54, 1.807) is 0 Å². The maximum absolute atomic E-state index is 4.21. The van der Waals surface area contributed by atoms with Gasteiger partial charge < -0.3 is 5.32 Å². The van der Waals surface area contributed by atoms with Crippen molar-refractivity contribution >= 4 is 0 Å². The summed E-state index contributed by atoms with van der Waals surface area (Å²) in [6, 6.07) is 0. The SMILES string of the molecule is C1CC(Cn2nnnc2C2CCCNC2)C1. The molecule has 5 nitrogen and oxygen atoms in total. The number of tetrazole rings is 1. The lowest BCUT2D eigenvalue weighted by Crippen LogP contribution is -2.31. The smallest absolute Gasteiger partial charge is 0.155 e. The average Bonchev–Trinajstić information content (AvgIpc) is 2.73. The van der Waals surface area contributed by atoms with Crippen LogP contribution in [0.4, 0.5) is 0 Å². The van der Waals surface area contributed by atoms with Gasteiger partial charge in [0.15, 0.2) is 5.82 Å². The molecular weight excluding hydrogens is 202 g/mol. The van der Waals surface area contributed by atoms with Crippen LogP contribution in [0.5, 0.6) is 0 Å². The van der Waals surface area contributed by atoms with Crippen LogP contribution in [0.1, 0.15) is 43.8 Å². The van der Waals surface area contributed by atoms with Crippen molar-refractivity contribution in [2.75, 3.05) is 13.1 Å². The molecule has 1 saturated carbocycles. The Morgan fingerprint density at radius 3 is 2.88 bits per heavy atom. The fourth-order valence-corrected chi connectivity index (χ4v) is 2.63. The number of aromatic nitrogens is 4. The Balaban J connectivity index is 1.70. The molecule has 1 aliphatic heterocycles. The summed E-state index contributed by atoms with van der Waals surface area (Å²) in [6.07, 6.45) is 6.54. The number of nitrogens with one attached hydrogen (secondary N) is 1. The standard InChI is InChI=1S/C11H19N5/c1-3-9(4-1)8-16-11(13-14-15-16)10-5-2-6-12-7-10/h9-10,12H,1-8H2. The minimum absolute atomic E-state index is 0.517. The van der Waals surface area contributed by atoms with Crippen LogP contribution in [-0.2, 0) is 6.54 Å². The third kappa shape index (κ3) is 1.96. The fourth-order valence-electron chi connectivity index (χ4n) is 2.63. The number of nitrogens with zero attached hydrogens (tertiary/aromatic N) is 4. The van der Waals surface area contributed by atoms with Crippen LogP contribution in [0.15, 0.2) is 0 Å². The van der Waals surface area contributed by atoms with Crippen LogP contribution >= 0.6 is 0 Å². The zero-order chi connectivity index (χ0) is 10.8. The van der Waals surface area contributed by atoms with Crippen LogP contribution in [0, 0.1) is 5.92 Å². The van der Waals surface area contributed by atoms with E-state index in [2.05, 4.69) is 20.8 Å². The first-order valence-corrected chi connectivity index (χ1v) is 6.40. The fraction of sp³-hybridized carbons (Fsp3) is 0.909. The lowest BCUT2D eigenvalue weighted by atomic mass is 9.85. The Morgan fingerprint density at radius 2 is 2.19 bits per heavy atom. The van der Waals surface area contributed by atoms with E-state index >= 15 is 0 Å². The normalized spacial score (nSPS) is 26.6. The molecule has 1 aromatic rings. The molecule has 0 spiro atoms. The molecule has 88 valence electrons. The van der Waals surface area contributed by atoms with E-state index in [0.717, 1.165) is 31.4 Å². The molecule has 1 N–H and O–H groups in total. The molecule has 3 rings (SSSR count). The second-order valence-corrected chi connectivity index (χ2v) is 5.06. The average molecular weight is 221 g/mol. The van der Waals surface area contributed by atoms with Crippen molar-refractivity contribution in [1.82, 2.24) is 25.5 Å². The number of hydrogen-bond donors (Lipinski definition) is 1. The van der Waals surface area contributed by atoms with E-state index in [9.17, 15) is 0 Å². The van der Waals surface area contributed by atoms with Crippen molar-refractivity contribution < 1.29 is 0 Å². The van der Waals surface area contributed by atoms with Crippen LogP contribution in [0.25, 0.3) is 0 Å². The first kappa shape index (κ1) is 10.2. The molecule has 2 fully saturated rings. The number of hydrogen-bond acceptors (Lipinski definition) is 4. The molecule has 2 aliphatic rings. The Bertz CT molecular complexity index is 338. The topological polar surface area (TPSA) is 55.6 Å². The molecule has 0 radical (unpaired) electrons. The van der Waals surface area contributed by atoms with Gasteiger partial charge in [0, 0.05) is 19.0 Å². The highest BCUT2D eigenvalue weighted by Crippen LogP contribution is 2.29. The zero-order valence-electron chi connectivity index (χ0n) is 9.60. The summed E-state index contributed by atoms with van der Waals surface area (Å²) in [5.74, 6) is 2.43. The second kappa shape index (κ2) is 4.49. The van der Waals surface area contributed by atoms with Crippen molar-refractivity contribution in [2.45, 2.75) is 44.6 Å². The van der Waals surface area contributed by atoms with Crippen LogP contribution in [0.2, 0.25) is 0 Å². The second-order valence-electron chi connectivity index (χ2n) is 5.06. The van der Waals surface area contributed by atoms with Gasteiger partial charge in [-0.15, -0.1) is 5.10 Å². The summed E-state index contributed by atoms with van der Waals surface area (Å²) in [5.41, 5.74) is 0. The minimum Gasteiger partial charge on any atom is -0.316 e. The van der Waals surface area contributed by atoms with Crippen LogP contribution in [0.3, 0.4) is 0 Å². The summed E-state index contributed by atoms with van der Waals surface area (Å²) >= 11 is 0. The highest BCUT2D eigenvalue weighted by atomic mass is 15.5. The maximum Gasteiger partial charge on any atom is 0.155 e. The Labute approximate surface area is 95.6 Å². The van der Waals surface area contributed by atoms with Gasteiger partial charge in [-0.25, -0.2) is 4.68 Å². The van der Waals surface area contributed by atoms with Crippen molar-refractivity contribution in [3.63, 3.8) is 0 Å². The van der Waals surface area contributed by atoms with E-state index in [4.69, 9.17) is 0 Å². The molecule has 2 heterocycles. The Morgan fingerprint density at radius 1 is 1.25 bits per heavy atom. The number of piperidine rings is 1. The molecule has 0 amide bonds. The minimum atomic E-state index is 0.517. The van der Waals surface area contributed by atoms with E-state index in [1.807, 2.05) is 4.68 Å². The maximum atomic E-state index is 4.21. The van der Waals surface area contributed by atoms with Gasteiger partial charge in [-0.1, -0.05) is 6.42 Å².